The van der Waals surface area contributed by atoms with Crippen molar-refractivity contribution in [1.29, 1.82) is 0 Å². The standard InChI is InChI=1S/C15H29N3O2/c1-15(2,18(3)4)10-16-14(19)17-12-6-5-7-13-11(12)8-9-20-13/h11-13H,5-10H2,1-4H3,(H2,16,17,19)/t11-,12-,13-/m1/s1. The summed E-state index contributed by atoms with van der Waals surface area (Å²) in [4.78, 5) is 14.2. The van der Waals surface area contributed by atoms with Gasteiger partial charge in [-0.3, -0.25) is 0 Å². The Morgan fingerprint density at radius 1 is 1.30 bits per heavy atom. The minimum atomic E-state index is -0.0440. The number of hydrogen-bond acceptors (Lipinski definition) is 3. The molecule has 2 N–H and O–H groups in total. The van der Waals surface area contributed by atoms with Gasteiger partial charge in [-0.25, -0.2) is 4.79 Å². The molecule has 1 aliphatic carbocycles. The van der Waals surface area contributed by atoms with E-state index in [1.807, 2.05) is 14.1 Å². The van der Waals surface area contributed by atoms with Gasteiger partial charge in [0.05, 0.1) is 6.10 Å². The number of nitrogens with zero attached hydrogens (tertiary/aromatic N) is 1. The maximum Gasteiger partial charge on any atom is 0.315 e. The minimum Gasteiger partial charge on any atom is -0.378 e. The topological polar surface area (TPSA) is 53.6 Å². The molecular formula is C15H29N3O2. The van der Waals surface area contributed by atoms with Gasteiger partial charge in [-0.05, 0) is 53.6 Å². The number of urea groups is 1. The van der Waals surface area contributed by atoms with E-state index >= 15 is 0 Å². The van der Waals surface area contributed by atoms with Crippen LogP contribution in [0.25, 0.3) is 0 Å². The predicted octanol–water partition coefficient (Wildman–Crippen LogP) is 1.58. The van der Waals surface area contributed by atoms with Gasteiger partial charge in [0.2, 0.25) is 0 Å². The van der Waals surface area contributed by atoms with Crippen molar-refractivity contribution in [2.75, 3.05) is 27.2 Å². The van der Waals surface area contributed by atoms with Gasteiger partial charge < -0.3 is 20.3 Å². The van der Waals surface area contributed by atoms with Crippen LogP contribution in [0.2, 0.25) is 0 Å². The van der Waals surface area contributed by atoms with Crippen LogP contribution in [0, 0.1) is 5.92 Å². The zero-order valence-corrected chi connectivity index (χ0v) is 13.2. The van der Waals surface area contributed by atoms with Crippen molar-refractivity contribution in [3.63, 3.8) is 0 Å². The molecule has 5 heteroatoms. The molecule has 1 heterocycles. The van der Waals surface area contributed by atoms with Gasteiger partial charge in [-0.2, -0.15) is 0 Å². The molecule has 0 bridgehead atoms. The van der Waals surface area contributed by atoms with Gasteiger partial charge in [0.15, 0.2) is 0 Å². The number of fused-ring (bicyclic) bond motifs is 1. The Labute approximate surface area is 122 Å². The quantitative estimate of drug-likeness (QED) is 0.824. The third kappa shape index (κ3) is 3.64. The van der Waals surface area contributed by atoms with Crippen LogP contribution in [0.1, 0.15) is 39.5 Å². The molecule has 1 aliphatic heterocycles. The summed E-state index contributed by atoms with van der Waals surface area (Å²) in [5.41, 5.74) is -0.0388. The van der Waals surface area contributed by atoms with Crippen molar-refractivity contribution in [3.8, 4) is 0 Å². The molecule has 1 saturated heterocycles. The molecule has 1 saturated carbocycles. The fourth-order valence-electron chi connectivity index (χ4n) is 3.03. The van der Waals surface area contributed by atoms with Crippen LogP contribution in [0.3, 0.4) is 0 Å². The van der Waals surface area contributed by atoms with Crippen molar-refractivity contribution in [3.05, 3.63) is 0 Å². The highest BCUT2D eigenvalue weighted by molar-refractivity contribution is 5.74. The lowest BCUT2D eigenvalue weighted by molar-refractivity contribution is 0.0548. The average Bonchev–Trinajstić information content (AvgIpc) is 2.86. The van der Waals surface area contributed by atoms with Crippen molar-refractivity contribution < 1.29 is 9.53 Å². The summed E-state index contributed by atoms with van der Waals surface area (Å²) >= 11 is 0. The second-order valence-electron chi connectivity index (χ2n) is 6.93. The number of ether oxygens (including phenoxy) is 1. The maximum atomic E-state index is 12.1. The number of nitrogens with one attached hydrogen (secondary N) is 2. The Hall–Kier alpha value is -0.810. The van der Waals surface area contributed by atoms with Gasteiger partial charge >= 0.3 is 6.03 Å². The molecule has 2 fully saturated rings. The second kappa shape index (κ2) is 6.31. The van der Waals surface area contributed by atoms with E-state index in [-0.39, 0.29) is 17.6 Å². The number of likely N-dealkylation sites (N-methyl/N-ethyl adjacent to an activating group) is 1. The largest absolute Gasteiger partial charge is 0.378 e. The number of amides is 2. The van der Waals surface area contributed by atoms with Crippen molar-refractivity contribution in [1.82, 2.24) is 15.5 Å². The van der Waals surface area contributed by atoms with Crippen molar-refractivity contribution >= 4 is 6.03 Å². The average molecular weight is 283 g/mol. The van der Waals surface area contributed by atoms with Crippen LogP contribution >= 0.6 is 0 Å². The normalized spacial score (nSPS) is 30.1. The Kier molecular flexibility index (Phi) is 4.91. The lowest BCUT2D eigenvalue weighted by atomic mass is 9.82. The highest BCUT2D eigenvalue weighted by Crippen LogP contribution is 2.34. The zero-order chi connectivity index (χ0) is 14.8. The van der Waals surface area contributed by atoms with E-state index in [2.05, 4.69) is 29.4 Å². The number of carbonyl (C=O) groups is 1. The molecule has 0 aromatic carbocycles. The second-order valence-corrected chi connectivity index (χ2v) is 6.93. The molecule has 0 aromatic heterocycles. The van der Waals surface area contributed by atoms with Crippen LogP contribution in [-0.2, 0) is 4.74 Å². The summed E-state index contributed by atoms with van der Waals surface area (Å²) in [6.45, 7) is 5.73. The zero-order valence-electron chi connectivity index (χ0n) is 13.2. The molecule has 20 heavy (non-hydrogen) atoms. The third-order valence-electron chi connectivity index (χ3n) is 4.99. The Balaban J connectivity index is 1.79. The van der Waals surface area contributed by atoms with E-state index in [0.29, 0.717) is 18.6 Å². The molecular weight excluding hydrogens is 254 g/mol. The van der Waals surface area contributed by atoms with Gasteiger partial charge in [0.25, 0.3) is 0 Å². The third-order valence-corrected chi connectivity index (χ3v) is 4.99. The smallest absolute Gasteiger partial charge is 0.315 e. The number of carbonyl (C=O) groups excluding carboxylic acids is 1. The lowest BCUT2D eigenvalue weighted by Crippen LogP contribution is -2.53. The van der Waals surface area contributed by atoms with Crippen LogP contribution in [0.15, 0.2) is 0 Å². The fourth-order valence-corrected chi connectivity index (χ4v) is 3.03. The minimum absolute atomic E-state index is 0.0388. The van der Waals surface area contributed by atoms with Gasteiger partial charge in [0, 0.05) is 30.7 Å². The number of hydrogen-bond donors (Lipinski definition) is 2. The van der Waals surface area contributed by atoms with E-state index in [0.717, 1.165) is 32.3 Å². The first-order valence-corrected chi connectivity index (χ1v) is 7.73. The molecule has 0 unspecified atom stereocenters. The monoisotopic (exact) mass is 283 g/mol. The molecule has 116 valence electrons. The summed E-state index contributed by atoms with van der Waals surface area (Å²) in [6, 6.07) is 0.233. The summed E-state index contributed by atoms with van der Waals surface area (Å²) in [5.74, 6) is 0.511. The van der Waals surface area contributed by atoms with E-state index in [1.165, 1.54) is 0 Å². The maximum absolute atomic E-state index is 12.1. The van der Waals surface area contributed by atoms with Crippen LogP contribution in [0.4, 0.5) is 4.79 Å². The van der Waals surface area contributed by atoms with Crippen molar-refractivity contribution in [2.45, 2.75) is 57.2 Å². The highest BCUT2D eigenvalue weighted by atomic mass is 16.5. The van der Waals surface area contributed by atoms with Gasteiger partial charge in [-0.15, -0.1) is 0 Å². The van der Waals surface area contributed by atoms with Crippen LogP contribution < -0.4 is 10.6 Å². The van der Waals surface area contributed by atoms with Gasteiger partial charge in [0.1, 0.15) is 0 Å². The summed E-state index contributed by atoms with van der Waals surface area (Å²) in [7, 11) is 4.06. The van der Waals surface area contributed by atoms with Gasteiger partial charge in [-0.1, -0.05) is 0 Å². The summed E-state index contributed by atoms with van der Waals surface area (Å²) < 4.78 is 5.74. The molecule has 5 nitrogen and oxygen atoms in total. The molecule has 0 radical (unpaired) electrons. The molecule has 3 atom stereocenters. The van der Waals surface area contributed by atoms with Crippen molar-refractivity contribution in [2.24, 2.45) is 5.92 Å². The molecule has 2 rings (SSSR count). The van der Waals surface area contributed by atoms with E-state index in [4.69, 9.17) is 4.74 Å². The Morgan fingerprint density at radius 2 is 2.05 bits per heavy atom. The first-order valence-electron chi connectivity index (χ1n) is 7.73. The first-order chi connectivity index (χ1) is 9.40. The van der Waals surface area contributed by atoms with E-state index in [9.17, 15) is 4.79 Å². The summed E-state index contributed by atoms with van der Waals surface area (Å²) in [6.07, 6.45) is 4.83. The van der Waals surface area contributed by atoms with E-state index in [1.54, 1.807) is 0 Å². The SMILES string of the molecule is CN(C)C(C)(C)CNC(=O)N[C@@H]1CCC[C@H]2OCC[C@H]12. The van der Waals surface area contributed by atoms with E-state index < -0.39 is 0 Å². The highest BCUT2D eigenvalue weighted by Gasteiger charge is 2.38. The molecule has 0 aromatic rings. The van der Waals surface area contributed by atoms with Crippen LogP contribution in [-0.4, -0.2) is 55.9 Å². The molecule has 2 aliphatic rings. The fraction of sp³-hybridized carbons (Fsp3) is 0.933. The first kappa shape index (κ1) is 15.6. The lowest BCUT2D eigenvalue weighted by Gasteiger charge is -2.35. The molecule has 2 amide bonds. The Morgan fingerprint density at radius 3 is 2.75 bits per heavy atom. The predicted molar refractivity (Wildman–Crippen MR) is 79.8 cm³/mol. The Bertz CT molecular complexity index is 344. The van der Waals surface area contributed by atoms with Crippen LogP contribution in [0.5, 0.6) is 0 Å². The number of rotatable bonds is 4. The molecule has 0 spiro atoms. The summed E-state index contributed by atoms with van der Waals surface area (Å²) in [5, 5.41) is 6.15.